The first kappa shape index (κ1) is 27.3. The molecule has 2 aliphatic heterocycles. The van der Waals surface area contributed by atoms with Gasteiger partial charge in [-0.3, -0.25) is 14.4 Å². The highest BCUT2D eigenvalue weighted by Crippen LogP contribution is 2.27. The van der Waals surface area contributed by atoms with Crippen molar-refractivity contribution >= 4 is 17.7 Å². The summed E-state index contributed by atoms with van der Waals surface area (Å²) in [5, 5.41) is 3.16. The summed E-state index contributed by atoms with van der Waals surface area (Å²) in [6, 6.07) is 0. The Morgan fingerprint density at radius 3 is 1.88 bits per heavy atom. The van der Waals surface area contributed by atoms with Crippen molar-refractivity contribution in [1.82, 2.24) is 10.2 Å². The molecule has 0 radical (unpaired) electrons. The van der Waals surface area contributed by atoms with Crippen LogP contribution in [-0.4, -0.2) is 89.4 Å². The van der Waals surface area contributed by atoms with Gasteiger partial charge in [0.2, 0.25) is 0 Å². The number of Topliss-reactive ketones (excluding diaryl/α,β-unsaturated/α-hetero) is 1. The third-order valence-electron chi connectivity index (χ3n) is 6.26. The Morgan fingerprint density at radius 2 is 1.42 bits per heavy atom. The zero-order valence-corrected chi connectivity index (χ0v) is 20.1. The zero-order chi connectivity index (χ0) is 23.9. The predicted octanol–water partition coefficient (Wildman–Crippen LogP) is 1.70. The molecule has 0 bridgehead atoms. The molecule has 2 heterocycles. The molecule has 1 unspecified atom stereocenters. The molecular weight excluding hydrogens is 428 g/mol. The maximum absolute atomic E-state index is 11.4. The molecule has 4 rings (SSSR count). The van der Waals surface area contributed by atoms with E-state index in [9.17, 15) is 14.4 Å². The lowest BCUT2D eigenvalue weighted by atomic mass is 9.89. The Balaban J connectivity index is 0.000000195. The fraction of sp³-hybridized carbons (Fsp3) is 0.792. The van der Waals surface area contributed by atoms with E-state index in [1.165, 1.54) is 19.9 Å². The van der Waals surface area contributed by atoms with E-state index in [0.717, 1.165) is 71.9 Å². The largest absolute Gasteiger partial charge is 0.469 e. The van der Waals surface area contributed by atoms with Gasteiger partial charge in [0, 0.05) is 44.7 Å². The van der Waals surface area contributed by atoms with Gasteiger partial charge >= 0.3 is 11.9 Å². The third-order valence-corrected chi connectivity index (χ3v) is 6.26. The van der Waals surface area contributed by atoms with Crippen molar-refractivity contribution in [1.29, 1.82) is 0 Å². The summed E-state index contributed by atoms with van der Waals surface area (Å²) in [4.78, 5) is 35.4. The van der Waals surface area contributed by atoms with Crippen molar-refractivity contribution in [2.24, 2.45) is 11.8 Å². The molecule has 1 N–H and O–H groups in total. The summed E-state index contributed by atoms with van der Waals surface area (Å²) in [5.41, 5.74) is 1.38. The maximum Gasteiger partial charge on any atom is 0.308 e. The second-order valence-electron chi connectivity index (χ2n) is 8.49. The zero-order valence-electron chi connectivity index (χ0n) is 20.1. The van der Waals surface area contributed by atoms with E-state index in [1.807, 2.05) is 0 Å². The molecule has 2 aliphatic carbocycles. The lowest BCUT2D eigenvalue weighted by Crippen LogP contribution is -2.36. The van der Waals surface area contributed by atoms with Gasteiger partial charge in [0.05, 0.1) is 52.5 Å². The van der Waals surface area contributed by atoms with Crippen LogP contribution < -0.4 is 5.32 Å². The number of methoxy groups -OCH3 is 2. The number of ether oxygens (including phenoxy) is 4. The van der Waals surface area contributed by atoms with Crippen LogP contribution in [0.1, 0.15) is 44.9 Å². The highest BCUT2D eigenvalue weighted by Gasteiger charge is 2.25. The number of carbonyl (C=O) groups excluding carboxylic acids is 3. The third kappa shape index (κ3) is 10.2. The van der Waals surface area contributed by atoms with Crippen LogP contribution in [0.5, 0.6) is 0 Å². The van der Waals surface area contributed by atoms with E-state index in [-0.39, 0.29) is 29.6 Å². The smallest absolute Gasteiger partial charge is 0.308 e. The number of nitrogens with one attached hydrogen (secondary N) is 1. The number of morpholine rings is 2. The van der Waals surface area contributed by atoms with E-state index in [0.29, 0.717) is 25.7 Å². The first-order valence-corrected chi connectivity index (χ1v) is 12.0. The fourth-order valence-corrected chi connectivity index (χ4v) is 4.20. The molecule has 0 amide bonds. The lowest BCUT2D eigenvalue weighted by Gasteiger charge is -2.33. The number of rotatable bonds is 3. The monoisotopic (exact) mass is 468 g/mol. The van der Waals surface area contributed by atoms with Gasteiger partial charge < -0.3 is 29.2 Å². The number of esters is 2. The average Bonchev–Trinajstić information content (AvgIpc) is 2.90. The van der Waals surface area contributed by atoms with Crippen LogP contribution in [0, 0.1) is 11.8 Å². The van der Waals surface area contributed by atoms with E-state index in [4.69, 9.17) is 14.2 Å². The average molecular weight is 469 g/mol. The Labute approximate surface area is 197 Å². The molecule has 188 valence electrons. The molecule has 0 aromatic carbocycles. The van der Waals surface area contributed by atoms with Crippen molar-refractivity contribution in [3.8, 4) is 0 Å². The van der Waals surface area contributed by atoms with Gasteiger partial charge in [0.15, 0.2) is 0 Å². The molecule has 1 atom stereocenters. The predicted molar refractivity (Wildman–Crippen MR) is 123 cm³/mol. The van der Waals surface area contributed by atoms with Crippen LogP contribution in [0.2, 0.25) is 0 Å². The Hall–Kier alpha value is -1.97. The van der Waals surface area contributed by atoms with Gasteiger partial charge in [-0.1, -0.05) is 6.08 Å². The molecule has 1 saturated carbocycles. The summed E-state index contributed by atoms with van der Waals surface area (Å²) >= 11 is 0. The van der Waals surface area contributed by atoms with Crippen LogP contribution >= 0.6 is 0 Å². The summed E-state index contributed by atoms with van der Waals surface area (Å²) < 4.78 is 19.7. The fourth-order valence-electron chi connectivity index (χ4n) is 4.20. The van der Waals surface area contributed by atoms with E-state index >= 15 is 0 Å². The highest BCUT2D eigenvalue weighted by molar-refractivity contribution is 5.82. The summed E-state index contributed by atoms with van der Waals surface area (Å²) in [5.74, 6) is 0.0624. The molecular formula is C24H40N2O7. The van der Waals surface area contributed by atoms with E-state index in [1.54, 1.807) is 0 Å². The van der Waals surface area contributed by atoms with Crippen molar-refractivity contribution in [3.63, 3.8) is 0 Å². The standard InChI is InChI=1S/C12H19NO3.C8H12O3.C4H9NO/c1-15-12(14)10-2-4-11(5-3-10)13-6-8-16-9-7-13;1-11-8(10)6-2-4-7(9)5-3-6;1-3-6-4-2-5-1/h4,10H,2-3,5-9H2,1H3;6H,2-5H2,1H3;5H,1-4H2. The van der Waals surface area contributed by atoms with Crippen LogP contribution in [0.4, 0.5) is 0 Å². The molecule has 0 aromatic rings. The van der Waals surface area contributed by atoms with Crippen LogP contribution in [-0.2, 0) is 33.3 Å². The van der Waals surface area contributed by atoms with Crippen LogP contribution in [0.25, 0.3) is 0 Å². The normalized spacial score (nSPS) is 23.7. The van der Waals surface area contributed by atoms with Crippen molar-refractivity contribution in [3.05, 3.63) is 11.8 Å². The number of hydrogen-bond acceptors (Lipinski definition) is 9. The van der Waals surface area contributed by atoms with Gasteiger partial charge in [-0.05, 0) is 32.1 Å². The maximum atomic E-state index is 11.4. The summed E-state index contributed by atoms with van der Waals surface area (Å²) in [7, 11) is 2.85. The number of hydrogen-bond donors (Lipinski definition) is 1. The molecule has 4 aliphatic rings. The minimum Gasteiger partial charge on any atom is -0.469 e. The van der Waals surface area contributed by atoms with Gasteiger partial charge in [0.25, 0.3) is 0 Å². The number of carbonyl (C=O) groups is 3. The Bertz CT molecular complexity index is 621. The van der Waals surface area contributed by atoms with Gasteiger partial charge in [-0.15, -0.1) is 0 Å². The number of allylic oxidation sites excluding steroid dienone is 2. The minimum atomic E-state index is -0.169. The quantitative estimate of drug-likeness (QED) is 0.620. The van der Waals surface area contributed by atoms with E-state index < -0.39 is 0 Å². The van der Waals surface area contributed by atoms with Crippen molar-refractivity contribution < 1.29 is 33.3 Å². The van der Waals surface area contributed by atoms with Gasteiger partial charge in [-0.25, -0.2) is 0 Å². The molecule has 9 heteroatoms. The Morgan fingerprint density at radius 1 is 0.879 bits per heavy atom. The second kappa shape index (κ2) is 15.8. The van der Waals surface area contributed by atoms with Crippen molar-refractivity contribution in [2.75, 3.05) is 66.8 Å². The van der Waals surface area contributed by atoms with Crippen LogP contribution in [0.15, 0.2) is 11.8 Å². The topological polar surface area (TPSA) is 103 Å². The first-order chi connectivity index (χ1) is 16.0. The molecule has 9 nitrogen and oxygen atoms in total. The molecule has 33 heavy (non-hydrogen) atoms. The molecule has 2 saturated heterocycles. The molecule has 3 fully saturated rings. The van der Waals surface area contributed by atoms with E-state index in [2.05, 4.69) is 21.0 Å². The number of ketones is 1. The Kier molecular flexibility index (Phi) is 13.1. The minimum absolute atomic E-state index is 0.0299. The molecule has 0 spiro atoms. The van der Waals surface area contributed by atoms with Gasteiger partial charge in [-0.2, -0.15) is 0 Å². The summed E-state index contributed by atoms with van der Waals surface area (Å²) in [6.07, 6.45) is 7.34. The highest BCUT2D eigenvalue weighted by atomic mass is 16.5. The summed E-state index contributed by atoms with van der Waals surface area (Å²) in [6.45, 7) is 7.43. The first-order valence-electron chi connectivity index (χ1n) is 12.0. The lowest BCUT2D eigenvalue weighted by molar-refractivity contribution is -0.147. The number of nitrogens with zero attached hydrogens (tertiary/aromatic N) is 1. The second-order valence-corrected chi connectivity index (χ2v) is 8.49. The van der Waals surface area contributed by atoms with Gasteiger partial charge in [0.1, 0.15) is 5.78 Å². The molecule has 0 aromatic heterocycles. The SMILES string of the molecule is C1COCCN1.COC(=O)C1CC=C(N2CCOCC2)CC1.COC(=O)C1CCC(=O)CC1. The van der Waals surface area contributed by atoms with Crippen molar-refractivity contribution in [2.45, 2.75) is 44.9 Å². The van der Waals surface area contributed by atoms with Crippen LogP contribution in [0.3, 0.4) is 0 Å².